The zero-order chi connectivity index (χ0) is 14.6. The van der Waals surface area contributed by atoms with Gasteiger partial charge in [0.05, 0.1) is 11.1 Å². The predicted octanol–water partition coefficient (Wildman–Crippen LogP) is 2.55. The monoisotopic (exact) mass is 314 g/mol. The normalized spacial score (nSPS) is 11.7. The lowest BCUT2D eigenvalue weighted by molar-refractivity contribution is 0.418. The summed E-state index contributed by atoms with van der Waals surface area (Å²) in [6.45, 7) is 2.17. The molecule has 108 valence electrons. The van der Waals surface area contributed by atoms with Crippen LogP contribution in [-0.4, -0.2) is 20.1 Å². The van der Waals surface area contributed by atoms with E-state index >= 15 is 0 Å². The van der Waals surface area contributed by atoms with Gasteiger partial charge in [-0.15, -0.1) is 0 Å². The lowest BCUT2D eigenvalue weighted by Crippen LogP contribution is -2.25. The van der Waals surface area contributed by atoms with Gasteiger partial charge in [0.1, 0.15) is 6.26 Å². The Kier molecular flexibility index (Phi) is 4.80. The Labute approximate surface area is 123 Å². The van der Waals surface area contributed by atoms with Crippen molar-refractivity contribution in [3.05, 3.63) is 46.8 Å². The third-order valence-electron chi connectivity index (χ3n) is 2.87. The quantitative estimate of drug-likeness (QED) is 0.832. The molecule has 1 aromatic carbocycles. The molecule has 1 aromatic heterocycles. The van der Waals surface area contributed by atoms with Crippen LogP contribution in [0.25, 0.3) is 0 Å². The Bertz CT molecular complexity index is 669. The fourth-order valence-electron chi connectivity index (χ4n) is 1.67. The Balaban J connectivity index is 1.92. The fraction of sp³-hybridized carbons (Fsp3) is 0.308. The summed E-state index contributed by atoms with van der Waals surface area (Å²) >= 11 is 5.94. The summed E-state index contributed by atoms with van der Waals surface area (Å²) in [6.07, 6.45) is 4.54. The number of sulfonamides is 1. The second-order valence-electron chi connectivity index (χ2n) is 4.45. The molecule has 0 radical (unpaired) electrons. The van der Waals surface area contributed by atoms with E-state index in [9.17, 15) is 8.42 Å². The Hall–Kier alpha value is -1.37. The second-order valence-corrected chi connectivity index (χ2v) is 6.62. The van der Waals surface area contributed by atoms with E-state index in [1.54, 1.807) is 24.6 Å². The van der Waals surface area contributed by atoms with Crippen LogP contribution >= 0.6 is 11.6 Å². The largest absolute Gasteiger partial charge is 0.364 e. The summed E-state index contributed by atoms with van der Waals surface area (Å²) in [5.41, 5.74) is 1.79. The maximum Gasteiger partial charge on any atom is 0.240 e. The highest BCUT2D eigenvalue weighted by atomic mass is 35.5. The van der Waals surface area contributed by atoms with Gasteiger partial charge in [0.15, 0.2) is 0 Å². The molecule has 0 aliphatic heterocycles. The summed E-state index contributed by atoms with van der Waals surface area (Å²) in [5.74, 6) is 0. The van der Waals surface area contributed by atoms with Gasteiger partial charge >= 0.3 is 0 Å². The molecule has 0 amide bonds. The van der Waals surface area contributed by atoms with Crippen LogP contribution in [0.5, 0.6) is 0 Å². The number of hydrogen-bond acceptors (Lipinski definition) is 4. The van der Waals surface area contributed by atoms with Crippen LogP contribution in [0.15, 0.2) is 40.1 Å². The van der Waals surface area contributed by atoms with Crippen LogP contribution in [0, 0.1) is 6.92 Å². The van der Waals surface area contributed by atoms with E-state index in [4.69, 9.17) is 16.1 Å². The van der Waals surface area contributed by atoms with Crippen LogP contribution < -0.4 is 4.72 Å². The summed E-state index contributed by atoms with van der Waals surface area (Å²) < 4.78 is 31.4. The van der Waals surface area contributed by atoms with Gasteiger partial charge in [0.2, 0.25) is 10.0 Å². The van der Waals surface area contributed by atoms with Crippen LogP contribution in [0.1, 0.15) is 17.5 Å². The van der Waals surface area contributed by atoms with Gasteiger partial charge < -0.3 is 4.52 Å². The lowest BCUT2D eigenvalue weighted by atomic mass is 10.2. The zero-order valence-corrected chi connectivity index (χ0v) is 12.5. The SMILES string of the molecule is Cc1ccc(S(=O)(=O)NCCCc2cnoc2)cc1Cl. The van der Waals surface area contributed by atoms with Crippen LogP contribution in [0.3, 0.4) is 0 Å². The van der Waals surface area contributed by atoms with E-state index in [1.165, 1.54) is 6.07 Å². The maximum atomic E-state index is 12.1. The van der Waals surface area contributed by atoms with E-state index in [1.807, 2.05) is 6.92 Å². The first-order valence-corrected chi connectivity index (χ1v) is 7.99. The molecule has 0 unspecified atom stereocenters. The van der Waals surface area contributed by atoms with Crippen molar-refractivity contribution in [2.45, 2.75) is 24.7 Å². The van der Waals surface area contributed by atoms with Crippen LogP contribution in [0.4, 0.5) is 0 Å². The molecule has 1 heterocycles. The third-order valence-corrected chi connectivity index (χ3v) is 4.74. The van der Waals surface area contributed by atoms with Crippen molar-refractivity contribution in [3.8, 4) is 0 Å². The molecule has 2 aromatic rings. The van der Waals surface area contributed by atoms with E-state index < -0.39 is 10.0 Å². The van der Waals surface area contributed by atoms with Gasteiger partial charge in [-0.2, -0.15) is 0 Å². The number of nitrogens with one attached hydrogen (secondary N) is 1. The van der Waals surface area contributed by atoms with Gasteiger partial charge in [0, 0.05) is 17.1 Å². The van der Waals surface area contributed by atoms with Gasteiger partial charge in [0.25, 0.3) is 0 Å². The van der Waals surface area contributed by atoms with E-state index in [0.717, 1.165) is 11.1 Å². The van der Waals surface area contributed by atoms with Crippen molar-refractivity contribution in [1.82, 2.24) is 9.88 Å². The van der Waals surface area contributed by atoms with E-state index in [2.05, 4.69) is 9.88 Å². The standard InChI is InChI=1S/C13H15ClN2O3S/c1-10-4-5-12(7-13(10)14)20(17,18)16-6-2-3-11-8-15-19-9-11/h4-5,7-9,16H,2-3,6H2,1H3. The van der Waals surface area contributed by atoms with E-state index in [0.29, 0.717) is 24.4 Å². The summed E-state index contributed by atoms with van der Waals surface area (Å²) in [5, 5.41) is 4.03. The predicted molar refractivity (Wildman–Crippen MR) is 76.2 cm³/mol. The molecule has 0 aliphatic rings. The molecule has 0 saturated heterocycles. The third kappa shape index (κ3) is 3.82. The second kappa shape index (κ2) is 6.39. The minimum atomic E-state index is -3.51. The number of aromatic nitrogens is 1. The molecule has 1 N–H and O–H groups in total. The molecule has 0 fully saturated rings. The molecule has 0 aliphatic carbocycles. The first-order chi connectivity index (χ1) is 9.49. The first kappa shape index (κ1) is 15.0. The molecule has 0 spiro atoms. The molecule has 0 bridgehead atoms. The molecule has 0 saturated carbocycles. The number of aryl methyl sites for hydroxylation is 2. The molecule has 7 heteroatoms. The van der Waals surface area contributed by atoms with Gasteiger partial charge in [-0.05, 0) is 37.5 Å². The van der Waals surface area contributed by atoms with Crippen molar-refractivity contribution in [2.24, 2.45) is 0 Å². The topological polar surface area (TPSA) is 72.2 Å². The summed E-state index contributed by atoms with van der Waals surface area (Å²) in [4.78, 5) is 0.179. The van der Waals surface area contributed by atoms with Gasteiger partial charge in [-0.3, -0.25) is 0 Å². The number of rotatable bonds is 6. The van der Waals surface area contributed by atoms with Crippen molar-refractivity contribution in [1.29, 1.82) is 0 Å². The zero-order valence-electron chi connectivity index (χ0n) is 11.0. The molecular formula is C13H15ClN2O3S. The maximum absolute atomic E-state index is 12.1. The average Bonchev–Trinajstić information content (AvgIpc) is 2.91. The van der Waals surface area contributed by atoms with Gasteiger partial charge in [-0.1, -0.05) is 22.8 Å². The van der Waals surface area contributed by atoms with Crippen molar-refractivity contribution >= 4 is 21.6 Å². The summed E-state index contributed by atoms with van der Waals surface area (Å²) in [6, 6.07) is 4.69. The van der Waals surface area contributed by atoms with Crippen molar-refractivity contribution in [3.63, 3.8) is 0 Å². The number of benzene rings is 1. The molecule has 2 rings (SSSR count). The Morgan fingerprint density at radius 3 is 2.85 bits per heavy atom. The fourth-order valence-corrected chi connectivity index (χ4v) is 3.02. The minimum Gasteiger partial charge on any atom is -0.364 e. The number of nitrogens with zero attached hydrogens (tertiary/aromatic N) is 1. The Morgan fingerprint density at radius 2 is 2.20 bits per heavy atom. The van der Waals surface area contributed by atoms with Gasteiger partial charge in [-0.25, -0.2) is 13.1 Å². The minimum absolute atomic E-state index is 0.179. The average molecular weight is 315 g/mol. The highest BCUT2D eigenvalue weighted by Gasteiger charge is 2.14. The van der Waals surface area contributed by atoms with E-state index in [-0.39, 0.29) is 4.90 Å². The lowest BCUT2D eigenvalue weighted by Gasteiger charge is -2.07. The van der Waals surface area contributed by atoms with Crippen molar-refractivity contribution < 1.29 is 12.9 Å². The Morgan fingerprint density at radius 1 is 1.40 bits per heavy atom. The molecular weight excluding hydrogens is 300 g/mol. The van der Waals surface area contributed by atoms with Crippen LogP contribution in [0.2, 0.25) is 5.02 Å². The summed E-state index contributed by atoms with van der Waals surface area (Å²) in [7, 11) is -3.51. The molecule has 0 atom stereocenters. The highest BCUT2D eigenvalue weighted by Crippen LogP contribution is 2.19. The van der Waals surface area contributed by atoms with Crippen LogP contribution in [-0.2, 0) is 16.4 Å². The number of halogens is 1. The van der Waals surface area contributed by atoms with Crippen molar-refractivity contribution in [2.75, 3.05) is 6.54 Å². The number of hydrogen-bond donors (Lipinski definition) is 1. The smallest absolute Gasteiger partial charge is 0.240 e. The first-order valence-electron chi connectivity index (χ1n) is 6.13. The molecule has 5 nitrogen and oxygen atoms in total. The highest BCUT2D eigenvalue weighted by molar-refractivity contribution is 7.89. The molecule has 20 heavy (non-hydrogen) atoms.